The Balaban J connectivity index is 1.34. The zero-order chi connectivity index (χ0) is 28.6. The third kappa shape index (κ3) is 4.68. The first kappa shape index (κ1) is 25.3. The van der Waals surface area contributed by atoms with E-state index in [1.165, 1.54) is 42.4 Å². The molecule has 4 heteroatoms. The van der Waals surface area contributed by atoms with Gasteiger partial charge in [-0.05, 0) is 34.4 Å². The van der Waals surface area contributed by atoms with E-state index in [0.717, 1.165) is 16.7 Å². The Bertz CT molecular complexity index is 2150. The van der Waals surface area contributed by atoms with Gasteiger partial charge in [-0.25, -0.2) is 15.0 Å². The first-order valence-electron chi connectivity index (χ1n) is 14.3. The molecule has 0 fully saturated rings. The highest BCUT2D eigenvalue weighted by atomic mass is 32.1. The van der Waals surface area contributed by atoms with Crippen molar-refractivity contribution in [2.75, 3.05) is 0 Å². The van der Waals surface area contributed by atoms with Gasteiger partial charge in [0, 0.05) is 36.9 Å². The molecule has 0 atom stereocenters. The minimum atomic E-state index is 0.666. The van der Waals surface area contributed by atoms with Crippen LogP contribution in [0.3, 0.4) is 0 Å². The maximum absolute atomic E-state index is 5.05. The quantitative estimate of drug-likeness (QED) is 0.208. The van der Waals surface area contributed by atoms with Gasteiger partial charge < -0.3 is 0 Å². The number of fused-ring (bicyclic) bond motifs is 3. The number of aromatic nitrogens is 3. The van der Waals surface area contributed by atoms with E-state index in [1.54, 1.807) is 11.3 Å². The van der Waals surface area contributed by atoms with Gasteiger partial charge in [-0.15, -0.1) is 11.3 Å². The summed E-state index contributed by atoms with van der Waals surface area (Å²) in [6, 6.07) is 52.7. The van der Waals surface area contributed by atoms with E-state index in [4.69, 9.17) is 15.0 Å². The molecule has 0 radical (unpaired) electrons. The standard InChI is InChI=1S/C39H25N3S/c1-4-12-26(13-5-1)27-20-22-28(23-21-27)31-24-25-33(36-35(31)32-18-10-11-19-34(32)43-36)39-41-37(29-14-6-2-7-15-29)40-38(42-39)30-16-8-3-9-17-30/h1-25H. The smallest absolute Gasteiger partial charge is 0.165 e. The van der Waals surface area contributed by atoms with Crippen molar-refractivity contribution in [1.29, 1.82) is 0 Å². The molecule has 0 unspecified atom stereocenters. The Labute approximate surface area is 253 Å². The van der Waals surface area contributed by atoms with Gasteiger partial charge in [0.05, 0.1) is 0 Å². The molecule has 8 rings (SSSR count). The lowest BCUT2D eigenvalue weighted by Gasteiger charge is -2.12. The van der Waals surface area contributed by atoms with Crippen LogP contribution in [-0.4, -0.2) is 15.0 Å². The molecule has 2 aromatic heterocycles. The van der Waals surface area contributed by atoms with Gasteiger partial charge in [-0.2, -0.15) is 0 Å². The molecule has 0 amide bonds. The predicted octanol–water partition coefficient (Wildman–Crippen LogP) is 10.6. The van der Waals surface area contributed by atoms with E-state index in [1.807, 2.05) is 60.7 Å². The molecule has 0 spiro atoms. The molecule has 2 heterocycles. The number of thiophene rings is 1. The lowest BCUT2D eigenvalue weighted by Crippen LogP contribution is -2.00. The second kappa shape index (κ2) is 10.8. The Morgan fingerprint density at radius 1 is 0.349 bits per heavy atom. The monoisotopic (exact) mass is 567 g/mol. The summed E-state index contributed by atoms with van der Waals surface area (Å²) in [6.07, 6.45) is 0. The summed E-state index contributed by atoms with van der Waals surface area (Å²) < 4.78 is 2.42. The number of benzene rings is 6. The highest BCUT2D eigenvalue weighted by molar-refractivity contribution is 7.26. The number of rotatable bonds is 5. The van der Waals surface area contributed by atoms with Crippen LogP contribution in [-0.2, 0) is 0 Å². The van der Waals surface area contributed by atoms with E-state index in [-0.39, 0.29) is 0 Å². The Kier molecular flexibility index (Phi) is 6.32. The first-order valence-corrected chi connectivity index (χ1v) is 15.1. The molecule has 0 aliphatic rings. The van der Waals surface area contributed by atoms with Gasteiger partial charge in [0.2, 0.25) is 0 Å². The molecule has 43 heavy (non-hydrogen) atoms. The highest BCUT2D eigenvalue weighted by Crippen LogP contribution is 2.44. The van der Waals surface area contributed by atoms with Crippen molar-refractivity contribution in [1.82, 2.24) is 15.0 Å². The summed E-state index contributed by atoms with van der Waals surface area (Å²) in [5.74, 6) is 2.01. The van der Waals surface area contributed by atoms with Gasteiger partial charge in [0.25, 0.3) is 0 Å². The van der Waals surface area contributed by atoms with Crippen LogP contribution in [0.15, 0.2) is 152 Å². The van der Waals surface area contributed by atoms with Gasteiger partial charge in [-0.3, -0.25) is 0 Å². The molecule has 8 aromatic rings. The summed E-state index contributed by atoms with van der Waals surface area (Å²) in [5, 5.41) is 2.47. The predicted molar refractivity (Wildman–Crippen MR) is 180 cm³/mol. The molecule has 0 aliphatic carbocycles. The van der Waals surface area contributed by atoms with Crippen molar-refractivity contribution in [3.8, 4) is 56.4 Å². The van der Waals surface area contributed by atoms with Crippen molar-refractivity contribution in [2.45, 2.75) is 0 Å². The van der Waals surface area contributed by atoms with Gasteiger partial charge in [0.15, 0.2) is 17.5 Å². The molecule has 0 aliphatic heterocycles. The van der Waals surface area contributed by atoms with Crippen LogP contribution in [0.4, 0.5) is 0 Å². The van der Waals surface area contributed by atoms with E-state index in [2.05, 4.69) is 91.0 Å². The average molecular weight is 568 g/mol. The van der Waals surface area contributed by atoms with Crippen molar-refractivity contribution in [2.24, 2.45) is 0 Å². The van der Waals surface area contributed by atoms with Crippen LogP contribution < -0.4 is 0 Å². The Hall–Kier alpha value is -5.45. The van der Waals surface area contributed by atoms with Gasteiger partial charge >= 0.3 is 0 Å². The Morgan fingerprint density at radius 3 is 1.44 bits per heavy atom. The normalized spacial score (nSPS) is 11.3. The van der Waals surface area contributed by atoms with Crippen LogP contribution >= 0.6 is 11.3 Å². The summed E-state index contributed by atoms with van der Waals surface area (Å²) in [4.78, 5) is 15.0. The minimum absolute atomic E-state index is 0.666. The maximum Gasteiger partial charge on any atom is 0.165 e. The summed E-state index contributed by atoms with van der Waals surface area (Å²) >= 11 is 1.79. The molecular formula is C39H25N3S. The Morgan fingerprint density at radius 2 is 0.814 bits per heavy atom. The van der Waals surface area contributed by atoms with Crippen LogP contribution in [0.2, 0.25) is 0 Å². The fourth-order valence-electron chi connectivity index (χ4n) is 5.65. The molecule has 0 saturated carbocycles. The second-order valence-electron chi connectivity index (χ2n) is 10.4. The average Bonchev–Trinajstić information content (AvgIpc) is 3.49. The van der Waals surface area contributed by atoms with Gasteiger partial charge in [-0.1, -0.05) is 140 Å². The number of hydrogen-bond acceptors (Lipinski definition) is 4. The zero-order valence-corrected chi connectivity index (χ0v) is 24.0. The molecule has 3 nitrogen and oxygen atoms in total. The summed E-state index contributed by atoms with van der Waals surface area (Å²) in [6.45, 7) is 0. The van der Waals surface area contributed by atoms with E-state index < -0.39 is 0 Å². The van der Waals surface area contributed by atoms with E-state index >= 15 is 0 Å². The maximum atomic E-state index is 5.05. The largest absolute Gasteiger partial charge is 0.208 e. The number of nitrogens with zero attached hydrogens (tertiary/aromatic N) is 3. The molecule has 6 aromatic carbocycles. The van der Waals surface area contributed by atoms with Crippen LogP contribution in [0.1, 0.15) is 0 Å². The summed E-state index contributed by atoms with van der Waals surface area (Å²) in [7, 11) is 0. The fraction of sp³-hybridized carbons (Fsp3) is 0. The van der Waals surface area contributed by atoms with Crippen LogP contribution in [0.5, 0.6) is 0 Å². The zero-order valence-electron chi connectivity index (χ0n) is 23.2. The second-order valence-corrected chi connectivity index (χ2v) is 11.5. The van der Waals surface area contributed by atoms with E-state index in [9.17, 15) is 0 Å². The lowest BCUT2D eigenvalue weighted by molar-refractivity contribution is 1.08. The van der Waals surface area contributed by atoms with Crippen molar-refractivity contribution in [3.05, 3.63) is 152 Å². The molecule has 0 saturated heterocycles. The van der Waals surface area contributed by atoms with Crippen LogP contribution in [0, 0.1) is 0 Å². The number of hydrogen-bond donors (Lipinski definition) is 0. The highest BCUT2D eigenvalue weighted by Gasteiger charge is 2.19. The fourth-order valence-corrected chi connectivity index (χ4v) is 6.88. The minimum Gasteiger partial charge on any atom is -0.208 e. The topological polar surface area (TPSA) is 38.7 Å². The van der Waals surface area contributed by atoms with Crippen LogP contribution in [0.25, 0.3) is 76.6 Å². The lowest BCUT2D eigenvalue weighted by atomic mass is 9.95. The SMILES string of the molecule is c1ccc(-c2ccc(-c3ccc(-c4nc(-c5ccccc5)nc(-c5ccccc5)n4)c4sc5ccccc5c34)cc2)cc1. The van der Waals surface area contributed by atoms with Crippen molar-refractivity contribution >= 4 is 31.5 Å². The molecule has 0 bridgehead atoms. The third-order valence-corrected chi connectivity index (χ3v) is 8.97. The van der Waals surface area contributed by atoms with E-state index in [0.29, 0.717) is 17.5 Å². The van der Waals surface area contributed by atoms with Crippen molar-refractivity contribution in [3.63, 3.8) is 0 Å². The molecule has 202 valence electrons. The first-order chi connectivity index (χ1) is 21.3. The molecular weight excluding hydrogens is 543 g/mol. The molecule has 0 N–H and O–H groups in total. The van der Waals surface area contributed by atoms with Crippen molar-refractivity contribution < 1.29 is 0 Å². The third-order valence-electron chi connectivity index (χ3n) is 7.77. The van der Waals surface area contributed by atoms with Gasteiger partial charge in [0.1, 0.15) is 0 Å². The summed E-state index contributed by atoms with van der Waals surface area (Å²) in [5.41, 5.74) is 7.75.